The number of ether oxygens (including phenoxy) is 1. The highest BCUT2D eigenvalue weighted by Gasteiger charge is 2.11. The van der Waals surface area contributed by atoms with Gasteiger partial charge in [-0.15, -0.1) is 11.8 Å². The molecule has 0 unspecified atom stereocenters. The fourth-order valence-electron chi connectivity index (χ4n) is 3.00. The van der Waals surface area contributed by atoms with Crippen molar-refractivity contribution in [3.63, 3.8) is 0 Å². The fourth-order valence-corrected chi connectivity index (χ4v) is 3.97. The van der Waals surface area contributed by atoms with E-state index in [0.29, 0.717) is 5.75 Å². The van der Waals surface area contributed by atoms with E-state index in [1.165, 1.54) is 11.8 Å². The largest absolute Gasteiger partial charge is 0.490 e. The smallest absolute Gasteiger partial charge is 0.127 e. The number of aliphatic hydroxyl groups excluding tert-OH is 1. The number of hydrogen-bond acceptors (Lipinski definition) is 5. The van der Waals surface area contributed by atoms with Crippen LogP contribution >= 0.6 is 11.8 Å². The van der Waals surface area contributed by atoms with Crippen molar-refractivity contribution in [2.75, 3.05) is 12.4 Å². The SMILES string of the molecule is Cc1nc(SC[C@H](O)COc2cccc3ccccc23)c2ccccc2n1. The van der Waals surface area contributed by atoms with E-state index in [9.17, 15) is 5.11 Å². The van der Waals surface area contributed by atoms with Gasteiger partial charge in [0.05, 0.1) is 11.6 Å². The van der Waals surface area contributed by atoms with E-state index >= 15 is 0 Å². The van der Waals surface area contributed by atoms with Gasteiger partial charge in [0.25, 0.3) is 0 Å². The maximum atomic E-state index is 10.4. The second kappa shape index (κ2) is 7.94. The average molecular weight is 376 g/mol. The molecular weight excluding hydrogens is 356 g/mol. The third kappa shape index (κ3) is 4.04. The van der Waals surface area contributed by atoms with E-state index in [2.05, 4.69) is 22.1 Å². The number of benzene rings is 3. The van der Waals surface area contributed by atoms with Crippen LogP contribution < -0.4 is 4.74 Å². The molecule has 1 aromatic heterocycles. The molecule has 3 aromatic carbocycles. The summed E-state index contributed by atoms with van der Waals surface area (Å²) in [6, 6.07) is 22.0. The zero-order valence-electron chi connectivity index (χ0n) is 15.0. The number of aromatic nitrogens is 2. The normalized spacial score (nSPS) is 12.4. The third-order valence-electron chi connectivity index (χ3n) is 4.27. The van der Waals surface area contributed by atoms with E-state index in [1.807, 2.05) is 61.5 Å². The number of nitrogens with zero attached hydrogens (tertiary/aromatic N) is 2. The molecule has 1 N–H and O–H groups in total. The Kier molecular flexibility index (Phi) is 5.23. The monoisotopic (exact) mass is 376 g/mol. The van der Waals surface area contributed by atoms with Gasteiger partial charge in [0.1, 0.15) is 23.2 Å². The minimum atomic E-state index is -0.594. The van der Waals surface area contributed by atoms with Gasteiger partial charge in [0.2, 0.25) is 0 Å². The highest BCUT2D eigenvalue weighted by molar-refractivity contribution is 7.99. The Bertz CT molecular complexity index is 1080. The summed E-state index contributed by atoms with van der Waals surface area (Å²) >= 11 is 1.53. The molecule has 0 radical (unpaired) electrons. The van der Waals surface area contributed by atoms with Crippen LogP contribution in [0.3, 0.4) is 0 Å². The molecule has 0 saturated heterocycles. The highest BCUT2D eigenvalue weighted by atomic mass is 32.2. The summed E-state index contributed by atoms with van der Waals surface area (Å²) < 4.78 is 5.88. The van der Waals surface area contributed by atoms with Crippen molar-refractivity contribution < 1.29 is 9.84 Å². The summed E-state index contributed by atoms with van der Waals surface area (Å²) in [5.41, 5.74) is 0.925. The Balaban J connectivity index is 1.42. The first kappa shape index (κ1) is 17.8. The molecule has 27 heavy (non-hydrogen) atoms. The number of hydrogen-bond donors (Lipinski definition) is 1. The Morgan fingerprint density at radius 2 is 1.67 bits per heavy atom. The van der Waals surface area contributed by atoms with Gasteiger partial charge in [-0.25, -0.2) is 9.97 Å². The summed E-state index contributed by atoms with van der Waals surface area (Å²) in [5.74, 6) is 2.03. The first-order valence-corrected chi connectivity index (χ1v) is 9.84. The second-order valence-corrected chi connectivity index (χ2v) is 7.35. The van der Waals surface area contributed by atoms with Crippen molar-refractivity contribution in [3.05, 3.63) is 72.6 Å². The van der Waals surface area contributed by atoms with Crippen molar-refractivity contribution in [2.45, 2.75) is 18.1 Å². The van der Waals surface area contributed by atoms with Crippen LogP contribution in [0.25, 0.3) is 21.7 Å². The molecule has 1 heterocycles. The first-order valence-electron chi connectivity index (χ1n) is 8.85. The fraction of sp³-hybridized carbons (Fsp3) is 0.182. The Morgan fingerprint density at radius 3 is 2.56 bits per heavy atom. The number of thioether (sulfide) groups is 1. The number of rotatable bonds is 6. The van der Waals surface area contributed by atoms with E-state index in [0.717, 1.165) is 38.3 Å². The van der Waals surface area contributed by atoms with Gasteiger partial charge in [-0.1, -0.05) is 54.6 Å². The minimum Gasteiger partial charge on any atom is -0.490 e. The predicted octanol–water partition coefficient (Wildman–Crippen LogP) is 4.62. The quantitative estimate of drug-likeness (QED) is 0.393. The molecule has 0 spiro atoms. The van der Waals surface area contributed by atoms with Crippen LogP contribution in [0.1, 0.15) is 5.82 Å². The van der Waals surface area contributed by atoms with E-state index < -0.39 is 6.10 Å². The highest BCUT2D eigenvalue weighted by Crippen LogP contribution is 2.27. The van der Waals surface area contributed by atoms with E-state index in [1.54, 1.807) is 0 Å². The van der Waals surface area contributed by atoms with Crippen LogP contribution in [0.4, 0.5) is 0 Å². The molecule has 4 nitrogen and oxygen atoms in total. The molecule has 4 aromatic rings. The van der Waals surface area contributed by atoms with Crippen molar-refractivity contribution in [1.82, 2.24) is 9.97 Å². The number of aliphatic hydroxyl groups is 1. The van der Waals surface area contributed by atoms with Crippen LogP contribution in [-0.2, 0) is 0 Å². The summed E-state index contributed by atoms with van der Waals surface area (Å²) in [6.07, 6.45) is -0.594. The lowest BCUT2D eigenvalue weighted by molar-refractivity contribution is 0.127. The molecule has 0 fully saturated rings. The first-order chi connectivity index (χ1) is 13.2. The summed E-state index contributed by atoms with van der Waals surface area (Å²) in [6.45, 7) is 2.12. The zero-order chi connectivity index (χ0) is 18.6. The second-order valence-electron chi connectivity index (χ2n) is 6.35. The molecule has 0 bridgehead atoms. The van der Waals surface area contributed by atoms with Gasteiger partial charge in [-0.2, -0.15) is 0 Å². The van der Waals surface area contributed by atoms with Crippen LogP contribution in [0.2, 0.25) is 0 Å². The van der Waals surface area contributed by atoms with Gasteiger partial charge in [0.15, 0.2) is 0 Å². The molecule has 4 rings (SSSR count). The summed E-state index contributed by atoms with van der Waals surface area (Å²) in [5, 5.41) is 14.5. The van der Waals surface area contributed by atoms with Crippen molar-refractivity contribution >= 4 is 33.4 Å². The lowest BCUT2D eigenvalue weighted by Crippen LogP contribution is -2.20. The Labute approximate surface area is 162 Å². The lowest BCUT2D eigenvalue weighted by atomic mass is 10.1. The van der Waals surface area contributed by atoms with Crippen molar-refractivity contribution in [3.8, 4) is 5.75 Å². The van der Waals surface area contributed by atoms with Crippen LogP contribution in [0.15, 0.2) is 71.8 Å². The molecule has 0 aliphatic rings. The molecule has 136 valence electrons. The zero-order valence-corrected chi connectivity index (χ0v) is 15.8. The van der Waals surface area contributed by atoms with Gasteiger partial charge in [-0.05, 0) is 24.4 Å². The third-order valence-corrected chi connectivity index (χ3v) is 5.41. The standard InChI is InChI=1S/C22H20N2O2S/c1-15-23-20-11-5-4-10-19(20)22(24-15)27-14-17(25)13-26-21-12-6-8-16-7-2-3-9-18(16)21/h2-12,17,25H,13-14H2,1H3/t17-/m1/s1. The number of para-hydroxylation sites is 1. The summed E-state index contributed by atoms with van der Waals surface area (Å²) in [4.78, 5) is 8.99. The van der Waals surface area contributed by atoms with Crippen LogP contribution in [0, 0.1) is 6.92 Å². The van der Waals surface area contributed by atoms with Crippen molar-refractivity contribution in [1.29, 1.82) is 0 Å². The van der Waals surface area contributed by atoms with Gasteiger partial charge in [0, 0.05) is 16.5 Å². The lowest BCUT2D eigenvalue weighted by Gasteiger charge is -2.14. The van der Waals surface area contributed by atoms with Gasteiger partial charge in [-0.3, -0.25) is 0 Å². The number of aryl methyl sites for hydroxylation is 1. The predicted molar refractivity (Wildman–Crippen MR) is 110 cm³/mol. The average Bonchev–Trinajstić information content (AvgIpc) is 2.70. The molecule has 0 saturated carbocycles. The van der Waals surface area contributed by atoms with Crippen molar-refractivity contribution in [2.24, 2.45) is 0 Å². The Hall–Kier alpha value is -2.63. The molecule has 5 heteroatoms. The van der Waals surface area contributed by atoms with Crippen LogP contribution in [-0.4, -0.2) is 33.5 Å². The maximum absolute atomic E-state index is 10.4. The van der Waals surface area contributed by atoms with Gasteiger partial charge >= 0.3 is 0 Å². The van der Waals surface area contributed by atoms with Crippen LogP contribution in [0.5, 0.6) is 5.75 Å². The molecule has 0 aliphatic carbocycles. The van der Waals surface area contributed by atoms with Gasteiger partial charge < -0.3 is 9.84 Å². The maximum Gasteiger partial charge on any atom is 0.127 e. The molecule has 1 atom stereocenters. The molecular formula is C22H20N2O2S. The topological polar surface area (TPSA) is 55.2 Å². The van der Waals surface area contributed by atoms with E-state index in [4.69, 9.17) is 4.74 Å². The van der Waals surface area contributed by atoms with E-state index in [-0.39, 0.29) is 6.61 Å². The molecule has 0 amide bonds. The number of fused-ring (bicyclic) bond motifs is 2. The minimum absolute atomic E-state index is 0.239. The molecule has 0 aliphatic heterocycles. The Morgan fingerprint density at radius 1 is 0.926 bits per heavy atom. The summed E-state index contributed by atoms with van der Waals surface area (Å²) in [7, 11) is 0.